The first-order valence-electron chi connectivity index (χ1n) is 9.83. The monoisotopic (exact) mass is 589 g/mol. The summed E-state index contributed by atoms with van der Waals surface area (Å²) in [5, 5.41) is 11.6. The number of carboxylic acid groups (broad SMARTS) is 1. The zero-order valence-electron chi connectivity index (χ0n) is 17.3. The van der Waals surface area contributed by atoms with Gasteiger partial charge >= 0.3 is 11.9 Å². The van der Waals surface area contributed by atoms with Crippen LogP contribution in [0.15, 0.2) is 76.5 Å². The lowest BCUT2D eigenvalue weighted by Crippen LogP contribution is -2.20. The lowest BCUT2D eigenvalue weighted by molar-refractivity contribution is -0.112. The number of hydrogen-bond donors (Lipinski definition) is 2. The third-order valence-electron chi connectivity index (χ3n) is 5.03. The zero-order chi connectivity index (χ0) is 24.5. The van der Waals surface area contributed by atoms with Gasteiger partial charge in [0, 0.05) is 3.57 Å². The first-order chi connectivity index (χ1) is 16.2. The lowest BCUT2D eigenvalue weighted by Gasteiger charge is -2.10. The first-order valence-corrected chi connectivity index (χ1v) is 12.4. The Kier molecular flexibility index (Phi) is 6.53. The molecule has 0 aliphatic carbocycles. The molecule has 10 heteroatoms. The molecule has 0 spiro atoms. The van der Waals surface area contributed by atoms with E-state index in [1.54, 1.807) is 12.1 Å². The van der Waals surface area contributed by atoms with E-state index >= 15 is 0 Å². The van der Waals surface area contributed by atoms with Crippen molar-refractivity contribution < 1.29 is 32.6 Å². The molecule has 0 radical (unpaired) electrons. The van der Waals surface area contributed by atoms with Gasteiger partial charge in [-0.05, 0) is 64.1 Å². The standard InChI is InChI=1S/C24H16INO7S/c25-18-10-15-11-21(22(27)26-19-9-5-4-8-16(19)23(28)29)34(31,32)20(15)12-17(18)24(30)33-13-14-6-2-1-3-7-14/h1-12H,13H2,(H,26,27)(H,28,29). The van der Waals surface area contributed by atoms with Crippen LogP contribution in [0, 0.1) is 3.57 Å². The molecule has 4 rings (SSSR count). The molecule has 34 heavy (non-hydrogen) atoms. The maximum Gasteiger partial charge on any atom is 0.339 e. The van der Waals surface area contributed by atoms with Gasteiger partial charge in [0.15, 0.2) is 0 Å². The summed E-state index contributed by atoms with van der Waals surface area (Å²) >= 11 is 1.90. The molecule has 1 amide bonds. The van der Waals surface area contributed by atoms with Gasteiger partial charge in [0.2, 0.25) is 9.84 Å². The number of esters is 1. The Labute approximate surface area is 208 Å². The number of sulfone groups is 1. The number of benzene rings is 3. The van der Waals surface area contributed by atoms with Crippen LogP contribution in [0.2, 0.25) is 0 Å². The summed E-state index contributed by atoms with van der Waals surface area (Å²) in [7, 11) is -4.25. The number of anilines is 1. The molecule has 172 valence electrons. The predicted molar refractivity (Wildman–Crippen MR) is 132 cm³/mol. The van der Waals surface area contributed by atoms with Crippen LogP contribution in [-0.4, -0.2) is 31.4 Å². The Hall–Kier alpha value is -3.51. The molecule has 1 aliphatic heterocycles. The Balaban J connectivity index is 1.59. The second kappa shape index (κ2) is 9.39. The molecule has 0 saturated carbocycles. The lowest BCUT2D eigenvalue weighted by atomic mass is 10.1. The topological polar surface area (TPSA) is 127 Å². The maximum absolute atomic E-state index is 13.1. The van der Waals surface area contributed by atoms with E-state index in [0.29, 0.717) is 3.57 Å². The van der Waals surface area contributed by atoms with Crippen molar-refractivity contribution in [3.8, 4) is 0 Å². The molecular weight excluding hydrogens is 573 g/mol. The van der Waals surface area contributed by atoms with Gasteiger partial charge < -0.3 is 15.2 Å². The van der Waals surface area contributed by atoms with Crippen molar-refractivity contribution in [2.75, 3.05) is 5.32 Å². The van der Waals surface area contributed by atoms with Crippen LogP contribution < -0.4 is 5.32 Å². The van der Waals surface area contributed by atoms with Gasteiger partial charge in [0.1, 0.15) is 11.5 Å². The molecule has 0 saturated heterocycles. The molecule has 3 aromatic rings. The van der Waals surface area contributed by atoms with E-state index in [9.17, 15) is 27.9 Å². The number of hydrogen-bond acceptors (Lipinski definition) is 6. The molecule has 3 aromatic carbocycles. The number of aromatic carboxylic acids is 1. The number of para-hydroxylation sites is 1. The highest BCUT2D eigenvalue weighted by Gasteiger charge is 2.36. The molecule has 0 unspecified atom stereocenters. The first kappa shape index (κ1) is 23.6. The molecule has 0 bridgehead atoms. The zero-order valence-corrected chi connectivity index (χ0v) is 20.3. The van der Waals surface area contributed by atoms with Gasteiger partial charge in [-0.3, -0.25) is 4.79 Å². The van der Waals surface area contributed by atoms with Gasteiger partial charge in [-0.15, -0.1) is 0 Å². The maximum atomic E-state index is 13.1. The molecule has 0 aromatic heterocycles. The van der Waals surface area contributed by atoms with Crippen molar-refractivity contribution in [1.82, 2.24) is 0 Å². The van der Waals surface area contributed by atoms with Gasteiger partial charge in [0.25, 0.3) is 5.91 Å². The Morgan fingerprint density at radius 1 is 0.941 bits per heavy atom. The van der Waals surface area contributed by atoms with Gasteiger partial charge in [-0.25, -0.2) is 18.0 Å². The van der Waals surface area contributed by atoms with E-state index in [1.165, 1.54) is 42.5 Å². The minimum absolute atomic E-state index is 0.0223. The quantitative estimate of drug-likeness (QED) is 0.327. The van der Waals surface area contributed by atoms with E-state index in [4.69, 9.17) is 4.74 Å². The summed E-state index contributed by atoms with van der Waals surface area (Å²) in [4.78, 5) is 36.1. The molecule has 0 atom stereocenters. The Morgan fingerprint density at radius 3 is 2.32 bits per heavy atom. The number of carboxylic acids is 1. The van der Waals surface area contributed by atoms with Crippen LogP contribution in [-0.2, 0) is 26.0 Å². The molecule has 0 fully saturated rings. The number of fused-ring (bicyclic) bond motifs is 1. The van der Waals surface area contributed by atoms with Gasteiger partial charge in [0.05, 0.1) is 21.7 Å². The number of nitrogens with one attached hydrogen (secondary N) is 1. The van der Waals surface area contributed by atoms with E-state index in [2.05, 4.69) is 5.32 Å². The van der Waals surface area contributed by atoms with Crippen molar-refractivity contribution in [3.05, 3.63) is 97.5 Å². The van der Waals surface area contributed by atoms with E-state index in [-0.39, 0.29) is 33.9 Å². The molecule has 8 nitrogen and oxygen atoms in total. The summed E-state index contributed by atoms with van der Waals surface area (Å²) in [5.41, 5.74) is 0.877. The number of halogens is 1. The highest BCUT2D eigenvalue weighted by Crippen LogP contribution is 2.36. The fourth-order valence-electron chi connectivity index (χ4n) is 3.36. The van der Waals surface area contributed by atoms with Crippen LogP contribution in [0.25, 0.3) is 6.08 Å². The number of ether oxygens (including phenoxy) is 1. The molecule has 2 N–H and O–H groups in total. The fraction of sp³-hybridized carbons (Fsp3) is 0.0417. The summed E-state index contributed by atoms with van der Waals surface area (Å²) in [5.74, 6) is -2.94. The van der Waals surface area contributed by atoms with E-state index < -0.39 is 32.6 Å². The number of amides is 1. The van der Waals surface area contributed by atoms with Crippen LogP contribution in [0.4, 0.5) is 5.69 Å². The largest absolute Gasteiger partial charge is 0.478 e. The summed E-state index contributed by atoms with van der Waals surface area (Å²) in [6.07, 6.45) is 1.20. The minimum Gasteiger partial charge on any atom is -0.478 e. The average Bonchev–Trinajstić information content (AvgIpc) is 3.07. The van der Waals surface area contributed by atoms with Crippen LogP contribution >= 0.6 is 22.6 Å². The normalized spacial score (nSPS) is 13.5. The van der Waals surface area contributed by atoms with Crippen molar-refractivity contribution >= 4 is 62.0 Å². The smallest absolute Gasteiger partial charge is 0.339 e. The molecule has 1 aliphatic rings. The fourth-order valence-corrected chi connectivity index (χ4v) is 5.59. The second-order valence-corrected chi connectivity index (χ2v) is 10.3. The number of carbonyl (C=O) groups excluding carboxylic acids is 2. The second-order valence-electron chi connectivity index (χ2n) is 7.25. The van der Waals surface area contributed by atoms with E-state index in [1.807, 2.05) is 40.8 Å². The summed E-state index contributed by atoms with van der Waals surface area (Å²) < 4.78 is 32.0. The Morgan fingerprint density at radius 2 is 1.62 bits per heavy atom. The molecule has 1 heterocycles. The third kappa shape index (κ3) is 4.59. The summed E-state index contributed by atoms with van der Waals surface area (Å²) in [6, 6.07) is 17.4. The van der Waals surface area contributed by atoms with Crippen molar-refractivity contribution in [2.24, 2.45) is 0 Å². The van der Waals surface area contributed by atoms with E-state index in [0.717, 1.165) is 5.56 Å². The van der Waals surface area contributed by atoms with Crippen molar-refractivity contribution in [1.29, 1.82) is 0 Å². The number of rotatable bonds is 6. The van der Waals surface area contributed by atoms with Gasteiger partial charge in [-0.1, -0.05) is 42.5 Å². The van der Waals surface area contributed by atoms with Gasteiger partial charge in [-0.2, -0.15) is 0 Å². The average molecular weight is 589 g/mol. The van der Waals surface area contributed by atoms with Crippen LogP contribution in [0.5, 0.6) is 0 Å². The Bertz CT molecular complexity index is 1460. The number of carbonyl (C=O) groups is 3. The van der Waals surface area contributed by atoms with Crippen LogP contribution in [0.1, 0.15) is 31.8 Å². The van der Waals surface area contributed by atoms with Crippen molar-refractivity contribution in [2.45, 2.75) is 11.5 Å². The van der Waals surface area contributed by atoms with Crippen molar-refractivity contribution in [3.63, 3.8) is 0 Å². The highest BCUT2D eigenvalue weighted by molar-refractivity contribution is 14.1. The molecular formula is C24H16INO7S. The predicted octanol–water partition coefficient (Wildman–Crippen LogP) is 4.11. The SMILES string of the molecule is O=C(Nc1ccccc1C(=O)O)C1=Cc2cc(I)c(C(=O)OCc3ccccc3)cc2S1(=O)=O. The third-order valence-corrected chi connectivity index (χ3v) is 7.73. The van der Waals surface area contributed by atoms with Crippen LogP contribution in [0.3, 0.4) is 0 Å². The highest BCUT2D eigenvalue weighted by atomic mass is 127. The minimum atomic E-state index is -4.25. The summed E-state index contributed by atoms with van der Waals surface area (Å²) in [6.45, 7) is 0.0223.